The first-order valence-corrected chi connectivity index (χ1v) is 7.60. The minimum atomic E-state index is -0.394. The molecule has 0 saturated carbocycles. The smallest absolute Gasteiger partial charge is 0.313 e. The molecule has 0 saturated heterocycles. The molecule has 0 bridgehead atoms. The predicted octanol–water partition coefficient (Wildman–Crippen LogP) is 3.59. The third-order valence-electron chi connectivity index (χ3n) is 4.26. The van der Waals surface area contributed by atoms with Gasteiger partial charge in [0.25, 0.3) is 0 Å². The summed E-state index contributed by atoms with van der Waals surface area (Å²) < 4.78 is 20.2. The largest absolute Gasteiger partial charge is 0.466 e. The molecule has 1 aliphatic carbocycles. The van der Waals surface area contributed by atoms with E-state index < -0.39 is 6.67 Å². The Balaban J connectivity index is 2.17. The summed E-state index contributed by atoms with van der Waals surface area (Å²) in [6.07, 6.45) is 2.66. The molecule has 1 aromatic carbocycles. The van der Waals surface area contributed by atoms with Gasteiger partial charge in [0.1, 0.15) is 6.67 Å². The SMILES string of the molecule is CCOC(=O)C1CCCc2c1c1ccccc1n2CCF. The van der Waals surface area contributed by atoms with Gasteiger partial charge in [0, 0.05) is 16.6 Å². The normalized spacial score (nSPS) is 17.7. The highest BCUT2D eigenvalue weighted by Gasteiger charge is 2.32. The topological polar surface area (TPSA) is 31.2 Å². The number of hydrogen-bond donors (Lipinski definition) is 0. The summed E-state index contributed by atoms with van der Waals surface area (Å²) in [4.78, 5) is 12.3. The number of aromatic nitrogens is 1. The molecule has 1 heterocycles. The molecule has 2 aromatic rings. The monoisotopic (exact) mass is 289 g/mol. The molecule has 1 aliphatic rings. The lowest BCUT2D eigenvalue weighted by Gasteiger charge is -2.23. The molecule has 0 spiro atoms. The van der Waals surface area contributed by atoms with Crippen LogP contribution in [0.4, 0.5) is 4.39 Å². The fourth-order valence-corrected chi connectivity index (χ4v) is 3.48. The molecule has 0 radical (unpaired) electrons. The number of alkyl halides is 1. The van der Waals surface area contributed by atoms with Crippen LogP contribution >= 0.6 is 0 Å². The second-order valence-corrected chi connectivity index (χ2v) is 5.42. The van der Waals surface area contributed by atoms with E-state index in [4.69, 9.17) is 4.74 Å². The van der Waals surface area contributed by atoms with Gasteiger partial charge >= 0.3 is 5.97 Å². The number of para-hydroxylation sites is 1. The van der Waals surface area contributed by atoms with Crippen LogP contribution in [-0.2, 0) is 22.5 Å². The van der Waals surface area contributed by atoms with Gasteiger partial charge < -0.3 is 9.30 Å². The van der Waals surface area contributed by atoms with Crippen LogP contribution in [0.15, 0.2) is 24.3 Å². The number of carbonyl (C=O) groups excluding carboxylic acids is 1. The zero-order valence-corrected chi connectivity index (χ0v) is 12.3. The second kappa shape index (κ2) is 5.88. The van der Waals surface area contributed by atoms with Crippen LogP contribution in [0.5, 0.6) is 0 Å². The van der Waals surface area contributed by atoms with E-state index in [1.807, 2.05) is 35.8 Å². The quantitative estimate of drug-likeness (QED) is 0.805. The van der Waals surface area contributed by atoms with Crippen molar-refractivity contribution in [2.24, 2.45) is 0 Å². The molecule has 0 aliphatic heterocycles. The minimum absolute atomic E-state index is 0.151. The van der Waals surface area contributed by atoms with E-state index in [1.54, 1.807) is 0 Å². The van der Waals surface area contributed by atoms with E-state index in [0.717, 1.165) is 41.4 Å². The Labute approximate surface area is 123 Å². The number of halogens is 1. The van der Waals surface area contributed by atoms with Crippen molar-refractivity contribution in [2.75, 3.05) is 13.3 Å². The molecular weight excluding hydrogens is 269 g/mol. The highest BCUT2D eigenvalue weighted by Crippen LogP contribution is 2.39. The lowest BCUT2D eigenvalue weighted by Crippen LogP contribution is -2.21. The maximum absolute atomic E-state index is 12.9. The van der Waals surface area contributed by atoms with Crippen molar-refractivity contribution in [1.82, 2.24) is 4.57 Å². The summed E-state index contributed by atoms with van der Waals surface area (Å²) in [6, 6.07) is 7.97. The maximum atomic E-state index is 12.9. The highest BCUT2D eigenvalue weighted by atomic mass is 19.1. The molecule has 21 heavy (non-hydrogen) atoms. The number of hydrogen-bond acceptors (Lipinski definition) is 2. The summed E-state index contributed by atoms with van der Waals surface area (Å²) in [5.74, 6) is -0.360. The summed E-state index contributed by atoms with van der Waals surface area (Å²) in [5, 5.41) is 1.07. The second-order valence-electron chi connectivity index (χ2n) is 5.42. The van der Waals surface area contributed by atoms with Crippen LogP contribution < -0.4 is 0 Å². The Morgan fingerprint density at radius 1 is 1.43 bits per heavy atom. The summed E-state index contributed by atoms with van der Waals surface area (Å²) >= 11 is 0. The molecule has 1 atom stereocenters. The number of ether oxygens (including phenoxy) is 1. The summed E-state index contributed by atoms with van der Waals surface area (Å²) in [5.41, 5.74) is 3.19. The molecule has 0 amide bonds. The molecule has 0 fully saturated rings. The average Bonchev–Trinajstić information content (AvgIpc) is 2.83. The van der Waals surface area contributed by atoms with E-state index in [0.29, 0.717) is 13.2 Å². The van der Waals surface area contributed by atoms with Crippen molar-refractivity contribution in [1.29, 1.82) is 0 Å². The van der Waals surface area contributed by atoms with Gasteiger partial charge in [-0.3, -0.25) is 4.79 Å². The molecule has 3 rings (SSSR count). The Morgan fingerprint density at radius 3 is 3.00 bits per heavy atom. The van der Waals surface area contributed by atoms with Crippen LogP contribution in [0.3, 0.4) is 0 Å². The van der Waals surface area contributed by atoms with Gasteiger partial charge in [0.2, 0.25) is 0 Å². The van der Waals surface area contributed by atoms with Gasteiger partial charge in [0.05, 0.1) is 19.1 Å². The lowest BCUT2D eigenvalue weighted by atomic mass is 9.85. The van der Waals surface area contributed by atoms with Gasteiger partial charge in [-0.25, -0.2) is 4.39 Å². The van der Waals surface area contributed by atoms with Crippen LogP contribution in [0.1, 0.15) is 36.9 Å². The Kier molecular flexibility index (Phi) is 3.95. The van der Waals surface area contributed by atoms with Crippen LogP contribution in [-0.4, -0.2) is 23.8 Å². The zero-order chi connectivity index (χ0) is 14.8. The number of rotatable bonds is 4. The first-order valence-electron chi connectivity index (χ1n) is 7.60. The molecule has 1 unspecified atom stereocenters. The Hall–Kier alpha value is -1.84. The van der Waals surface area contributed by atoms with Crippen molar-refractivity contribution in [3.8, 4) is 0 Å². The number of fused-ring (bicyclic) bond motifs is 3. The van der Waals surface area contributed by atoms with Crippen molar-refractivity contribution in [3.05, 3.63) is 35.5 Å². The number of esters is 1. The van der Waals surface area contributed by atoms with Crippen LogP contribution in [0, 0.1) is 0 Å². The Morgan fingerprint density at radius 2 is 2.24 bits per heavy atom. The number of aryl methyl sites for hydroxylation is 1. The summed E-state index contributed by atoms with van der Waals surface area (Å²) in [6.45, 7) is 2.18. The van der Waals surface area contributed by atoms with Crippen molar-refractivity contribution >= 4 is 16.9 Å². The van der Waals surface area contributed by atoms with E-state index in [2.05, 4.69) is 0 Å². The standard InChI is InChI=1S/C17H20FNO2/c1-2-21-17(20)13-7-5-9-15-16(13)12-6-3-4-8-14(12)19(15)11-10-18/h3-4,6,8,13H,2,5,7,9-11H2,1H3. The number of nitrogens with zero attached hydrogens (tertiary/aromatic N) is 1. The highest BCUT2D eigenvalue weighted by molar-refractivity contribution is 5.92. The molecule has 3 nitrogen and oxygen atoms in total. The van der Waals surface area contributed by atoms with Gasteiger partial charge in [-0.15, -0.1) is 0 Å². The van der Waals surface area contributed by atoms with E-state index in [9.17, 15) is 9.18 Å². The first-order chi connectivity index (χ1) is 10.3. The summed E-state index contributed by atoms with van der Waals surface area (Å²) in [7, 11) is 0. The lowest BCUT2D eigenvalue weighted by molar-refractivity contribution is -0.145. The third-order valence-corrected chi connectivity index (χ3v) is 4.26. The minimum Gasteiger partial charge on any atom is -0.466 e. The van der Waals surface area contributed by atoms with Gasteiger partial charge in [-0.2, -0.15) is 0 Å². The molecule has 1 aromatic heterocycles. The van der Waals surface area contributed by atoms with Crippen molar-refractivity contribution in [3.63, 3.8) is 0 Å². The predicted molar refractivity (Wildman–Crippen MR) is 80.2 cm³/mol. The molecular formula is C17H20FNO2. The zero-order valence-electron chi connectivity index (χ0n) is 12.3. The maximum Gasteiger partial charge on any atom is 0.313 e. The average molecular weight is 289 g/mol. The van der Waals surface area contributed by atoms with Crippen LogP contribution in [0.2, 0.25) is 0 Å². The van der Waals surface area contributed by atoms with Crippen molar-refractivity contribution < 1.29 is 13.9 Å². The third kappa shape index (κ3) is 2.33. The van der Waals surface area contributed by atoms with Gasteiger partial charge in [0.15, 0.2) is 0 Å². The molecule has 0 N–H and O–H groups in total. The molecule has 112 valence electrons. The first kappa shape index (κ1) is 14.1. The van der Waals surface area contributed by atoms with E-state index in [1.165, 1.54) is 0 Å². The fourth-order valence-electron chi connectivity index (χ4n) is 3.48. The number of carbonyl (C=O) groups is 1. The fraction of sp³-hybridized carbons (Fsp3) is 0.471. The Bertz CT molecular complexity index is 662. The van der Waals surface area contributed by atoms with Gasteiger partial charge in [-0.05, 0) is 37.8 Å². The van der Waals surface area contributed by atoms with Crippen LogP contribution in [0.25, 0.3) is 10.9 Å². The van der Waals surface area contributed by atoms with Crippen molar-refractivity contribution in [2.45, 2.75) is 38.6 Å². The van der Waals surface area contributed by atoms with E-state index in [-0.39, 0.29) is 11.9 Å². The molecule has 4 heteroatoms. The van der Waals surface area contributed by atoms with E-state index >= 15 is 0 Å². The van der Waals surface area contributed by atoms with Gasteiger partial charge in [-0.1, -0.05) is 18.2 Å². The number of benzene rings is 1.